The van der Waals surface area contributed by atoms with Gasteiger partial charge in [-0.05, 0) is 79.1 Å². The molecular weight excluding hydrogens is 356 g/mol. The Hall–Kier alpha value is -1.85. The second-order valence-corrected chi connectivity index (χ2v) is 9.39. The predicted molar refractivity (Wildman–Crippen MR) is 112 cm³/mol. The lowest BCUT2D eigenvalue weighted by Gasteiger charge is -2.26. The molecule has 1 atom stereocenters. The molecule has 1 aliphatic rings. The van der Waals surface area contributed by atoms with E-state index in [4.69, 9.17) is 0 Å². The maximum Gasteiger partial charge on any atom is 0.261 e. The lowest BCUT2D eigenvalue weighted by Crippen LogP contribution is -2.35. The van der Waals surface area contributed by atoms with E-state index in [-0.39, 0.29) is 0 Å². The molecule has 0 saturated heterocycles. The number of fused-ring (bicyclic) bond motifs is 1. The molecule has 0 amide bonds. The fourth-order valence-corrected chi connectivity index (χ4v) is 4.64. The van der Waals surface area contributed by atoms with Gasteiger partial charge < -0.3 is 5.32 Å². The van der Waals surface area contributed by atoms with Crippen LogP contribution in [0.3, 0.4) is 0 Å². The van der Waals surface area contributed by atoms with Gasteiger partial charge >= 0.3 is 0 Å². The summed E-state index contributed by atoms with van der Waals surface area (Å²) in [5.41, 5.74) is 4.34. The molecule has 0 aromatic heterocycles. The van der Waals surface area contributed by atoms with Gasteiger partial charge in [-0.2, -0.15) is 0 Å². The van der Waals surface area contributed by atoms with Crippen molar-refractivity contribution < 1.29 is 8.42 Å². The minimum atomic E-state index is -3.57. The molecule has 2 aromatic rings. The van der Waals surface area contributed by atoms with E-state index in [0.717, 1.165) is 37.8 Å². The molecule has 0 unspecified atom stereocenters. The molecule has 0 radical (unpaired) electrons. The molecule has 0 aliphatic heterocycles. The van der Waals surface area contributed by atoms with Crippen LogP contribution in [0.1, 0.15) is 56.2 Å². The SMILES string of the molecule is CCCN[C@H]1CCc2cc(NS(=O)(=O)c3ccc(C(C)C)cc3)ccc2C1. The molecule has 0 heterocycles. The van der Waals surface area contributed by atoms with Crippen molar-refractivity contribution in [2.75, 3.05) is 11.3 Å². The normalized spacial score (nSPS) is 17.0. The van der Waals surface area contributed by atoms with Crippen LogP contribution in [0.5, 0.6) is 0 Å². The van der Waals surface area contributed by atoms with Crippen LogP contribution in [0.4, 0.5) is 5.69 Å². The Morgan fingerprint density at radius 1 is 1.07 bits per heavy atom. The zero-order chi connectivity index (χ0) is 19.4. The van der Waals surface area contributed by atoms with E-state index < -0.39 is 10.0 Å². The molecule has 0 spiro atoms. The molecule has 0 bridgehead atoms. The van der Waals surface area contributed by atoms with Crippen LogP contribution in [-0.4, -0.2) is 21.0 Å². The van der Waals surface area contributed by atoms with Crippen molar-refractivity contribution in [1.82, 2.24) is 5.32 Å². The highest BCUT2D eigenvalue weighted by atomic mass is 32.2. The molecule has 3 rings (SSSR count). The first-order chi connectivity index (χ1) is 12.9. The van der Waals surface area contributed by atoms with Gasteiger partial charge in [-0.15, -0.1) is 0 Å². The van der Waals surface area contributed by atoms with Crippen LogP contribution in [0.25, 0.3) is 0 Å². The fraction of sp³-hybridized carbons (Fsp3) is 0.455. The van der Waals surface area contributed by atoms with Crippen LogP contribution in [-0.2, 0) is 22.9 Å². The Balaban J connectivity index is 1.72. The van der Waals surface area contributed by atoms with Gasteiger partial charge in [0.25, 0.3) is 10.0 Å². The Morgan fingerprint density at radius 3 is 2.48 bits per heavy atom. The summed E-state index contributed by atoms with van der Waals surface area (Å²) in [6.45, 7) is 7.42. The number of hydrogen-bond acceptors (Lipinski definition) is 3. The van der Waals surface area contributed by atoms with Gasteiger partial charge in [0.05, 0.1) is 4.90 Å². The molecule has 5 heteroatoms. The maximum atomic E-state index is 12.7. The van der Waals surface area contributed by atoms with Crippen molar-refractivity contribution >= 4 is 15.7 Å². The van der Waals surface area contributed by atoms with Crippen LogP contribution in [0.15, 0.2) is 47.4 Å². The summed E-state index contributed by atoms with van der Waals surface area (Å²) in [6.07, 6.45) is 4.23. The zero-order valence-electron chi connectivity index (χ0n) is 16.5. The number of rotatable bonds is 7. The van der Waals surface area contributed by atoms with E-state index in [0.29, 0.717) is 22.5 Å². The molecule has 146 valence electrons. The summed E-state index contributed by atoms with van der Waals surface area (Å²) in [5.74, 6) is 0.381. The summed E-state index contributed by atoms with van der Waals surface area (Å²) in [4.78, 5) is 0.299. The highest BCUT2D eigenvalue weighted by Gasteiger charge is 2.20. The summed E-state index contributed by atoms with van der Waals surface area (Å²) in [6, 6.07) is 13.6. The van der Waals surface area contributed by atoms with Crippen molar-refractivity contribution in [3.05, 3.63) is 59.2 Å². The monoisotopic (exact) mass is 386 g/mol. The maximum absolute atomic E-state index is 12.7. The number of benzene rings is 2. The molecule has 2 N–H and O–H groups in total. The molecule has 0 fully saturated rings. The molecular formula is C22H30N2O2S. The van der Waals surface area contributed by atoms with Gasteiger partial charge in [0.15, 0.2) is 0 Å². The van der Waals surface area contributed by atoms with E-state index in [1.807, 2.05) is 24.3 Å². The number of sulfonamides is 1. The average molecular weight is 387 g/mol. The number of aryl methyl sites for hydroxylation is 1. The molecule has 4 nitrogen and oxygen atoms in total. The van der Waals surface area contributed by atoms with Crippen molar-refractivity contribution in [1.29, 1.82) is 0 Å². The molecule has 2 aromatic carbocycles. The minimum Gasteiger partial charge on any atom is -0.314 e. The van der Waals surface area contributed by atoms with Gasteiger partial charge in [-0.25, -0.2) is 8.42 Å². The van der Waals surface area contributed by atoms with Gasteiger partial charge in [-0.3, -0.25) is 4.72 Å². The van der Waals surface area contributed by atoms with E-state index >= 15 is 0 Å². The number of nitrogens with one attached hydrogen (secondary N) is 2. The van der Waals surface area contributed by atoms with Crippen molar-refractivity contribution in [2.24, 2.45) is 0 Å². The highest BCUT2D eigenvalue weighted by molar-refractivity contribution is 7.92. The second-order valence-electron chi connectivity index (χ2n) is 7.71. The zero-order valence-corrected chi connectivity index (χ0v) is 17.3. The van der Waals surface area contributed by atoms with E-state index in [9.17, 15) is 8.42 Å². The summed E-state index contributed by atoms with van der Waals surface area (Å²) < 4.78 is 28.1. The van der Waals surface area contributed by atoms with E-state index in [1.165, 1.54) is 11.1 Å². The van der Waals surface area contributed by atoms with Crippen LogP contribution >= 0.6 is 0 Å². The fourth-order valence-electron chi connectivity index (χ4n) is 3.59. The summed E-state index contributed by atoms with van der Waals surface area (Å²) >= 11 is 0. The Morgan fingerprint density at radius 2 is 1.81 bits per heavy atom. The summed E-state index contributed by atoms with van der Waals surface area (Å²) in [5, 5.41) is 3.59. The van der Waals surface area contributed by atoms with Crippen molar-refractivity contribution in [3.63, 3.8) is 0 Å². The van der Waals surface area contributed by atoms with Crippen LogP contribution < -0.4 is 10.0 Å². The van der Waals surface area contributed by atoms with Crippen LogP contribution in [0, 0.1) is 0 Å². The first-order valence-electron chi connectivity index (χ1n) is 9.87. The van der Waals surface area contributed by atoms with E-state index in [1.54, 1.807) is 12.1 Å². The topological polar surface area (TPSA) is 58.2 Å². The van der Waals surface area contributed by atoms with Gasteiger partial charge in [0.2, 0.25) is 0 Å². The third-order valence-electron chi connectivity index (χ3n) is 5.23. The molecule has 1 aliphatic carbocycles. The third-order valence-corrected chi connectivity index (χ3v) is 6.62. The highest BCUT2D eigenvalue weighted by Crippen LogP contribution is 2.26. The van der Waals surface area contributed by atoms with Crippen molar-refractivity contribution in [3.8, 4) is 0 Å². The second kappa shape index (κ2) is 8.44. The Kier molecular flexibility index (Phi) is 6.22. The lowest BCUT2D eigenvalue weighted by molar-refractivity contribution is 0.459. The lowest BCUT2D eigenvalue weighted by atomic mass is 9.88. The quantitative estimate of drug-likeness (QED) is 0.738. The average Bonchev–Trinajstić information content (AvgIpc) is 2.66. The molecule has 27 heavy (non-hydrogen) atoms. The smallest absolute Gasteiger partial charge is 0.261 e. The standard InChI is InChI=1S/C22H30N2O2S/c1-4-13-23-20-9-5-19-15-21(10-6-18(19)14-20)24-27(25,26)22-11-7-17(8-12-22)16(2)3/h6-8,10-12,15-16,20,23-24H,4-5,9,13-14H2,1-3H3/t20-/m0/s1. The predicted octanol–water partition coefficient (Wildman–Crippen LogP) is 4.47. The van der Waals surface area contributed by atoms with Gasteiger partial charge in [-0.1, -0.05) is 39.0 Å². The number of hydrogen-bond donors (Lipinski definition) is 2. The Labute approximate surface area is 163 Å². The van der Waals surface area contributed by atoms with Crippen molar-refractivity contribution in [2.45, 2.75) is 63.3 Å². The first-order valence-corrected chi connectivity index (χ1v) is 11.4. The molecule has 0 saturated carbocycles. The van der Waals surface area contributed by atoms with E-state index in [2.05, 4.69) is 36.9 Å². The third kappa shape index (κ3) is 4.90. The van der Waals surface area contributed by atoms with Gasteiger partial charge in [0, 0.05) is 11.7 Å². The first kappa shape index (κ1) is 19.9. The van der Waals surface area contributed by atoms with Crippen LogP contribution in [0.2, 0.25) is 0 Å². The Bertz CT molecular complexity index is 874. The largest absolute Gasteiger partial charge is 0.314 e. The summed E-state index contributed by atoms with van der Waals surface area (Å²) in [7, 11) is -3.57. The number of anilines is 1. The minimum absolute atomic E-state index is 0.299. The van der Waals surface area contributed by atoms with Gasteiger partial charge in [0.1, 0.15) is 0 Å².